The average molecular weight is 768 g/mol. The zero-order valence-electron chi connectivity index (χ0n) is 28.6. The highest BCUT2D eigenvalue weighted by Gasteiger charge is 2.28. The number of aliphatic carboxylic acids is 1. The molecule has 0 aliphatic carbocycles. The van der Waals surface area contributed by atoms with Crippen LogP contribution in [0, 0.1) is 29.1 Å². The monoisotopic (exact) mass is 767 g/mol. The maximum Gasteiger partial charge on any atom is 0.329 e. The van der Waals surface area contributed by atoms with Crippen LogP contribution in [0.2, 0.25) is 0 Å². The van der Waals surface area contributed by atoms with Gasteiger partial charge in [0, 0.05) is 6.54 Å². The Morgan fingerprint density at radius 1 is 0.442 bits per heavy atom. The number of ether oxygens (including phenoxy) is 11. The van der Waals surface area contributed by atoms with E-state index in [1.807, 2.05) is 0 Å². The van der Waals surface area contributed by atoms with Gasteiger partial charge in [0.05, 0.1) is 125 Å². The Hall–Kier alpha value is -3.12. The zero-order chi connectivity index (χ0) is 38.2. The summed E-state index contributed by atoms with van der Waals surface area (Å²) in [6.07, 6.45) is -0.498. The van der Waals surface area contributed by atoms with Crippen LogP contribution in [0.15, 0.2) is 0 Å². The van der Waals surface area contributed by atoms with Gasteiger partial charge in [-0.1, -0.05) is 0 Å². The highest BCUT2D eigenvalue weighted by atomic mass is 19.2. The van der Waals surface area contributed by atoms with Gasteiger partial charge in [0.15, 0.2) is 0 Å². The van der Waals surface area contributed by atoms with E-state index in [-0.39, 0.29) is 46.2 Å². The summed E-state index contributed by atoms with van der Waals surface area (Å²) in [4.78, 5) is 33.3. The lowest BCUT2D eigenvalue weighted by atomic mass is 10.2. The van der Waals surface area contributed by atoms with Gasteiger partial charge in [-0.05, 0) is 0 Å². The molecule has 1 rings (SSSR count). The molecule has 0 aliphatic heterocycles. The molecule has 2 N–H and O–H groups in total. The van der Waals surface area contributed by atoms with Gasteiger partial charge in [0.2, 0.25) is 40.7 Å². The topological polar surface area (TPSA) is 185 Å². The predicted octanol–water partition coefficient (Wildman–Crippen LogP) is 1.04. The third-order valence-electron chi connectivity index (χ3n) is 5.84. The molecule has 0 spiro atoms. The first-order valence-electron chi connectivity index (χ1n) is 16.1. The third-order valence-corrected chi connectivity index (χ3v) is 5.84. The first-order chi connectivity index (χ1) is 25.1. The molecular weight excluding hydrogens is 721 g/mol. The molecular formula is C31H46F5NO15. The number of carbonyl (C=O) groups is 3. The quantitative estimate of drug-likeness (QED) is 0.0249. The lowest BCUT2D eigenvalue weighted by Gasteiger charge is -2.09. The molecule has 1 amide bonds. The van der Waals surface area contributed by atoms with Gasteiger partial charge in [-0.3, -0.25) is 9.59 Å². The number of carbonyl (C=O) groups excluding carboxylic acids is 2. The molecule has 300 valence electrons. The minimum absolute atomic E-state index is 0.0673. The van der Waals surface area contributed by atoms with Crippen molar-refractivity contribution in [2.75, 3.05) is 139 Å². The summed E-state index contributed by atoms with van der Waals surface area (Å²) >= 11 is 0. The Balaban J connectivity index is 1.75. The Bertz CT molecular complexity index is 1110. The summed E-state index contributed by atoms with van der Waals surface area (Å²) in [5, 5.41) is 10.9. The van der Waals surface area contributed by atoms with Crippen molar-refractivity contribution >= 4 is 17.8 Å². The van der Waals surface area contributed by atoms with Crippen molar-refractivity contribution in [3.05, 3.63) is 29.1 Å². The van der Waals surface area contributed by atoms with E-state index in [1.165, 1.54) is 0 Å². The molecule has 21 heteroatoms. The molecule has 0 saturated carbocycles. The first kappa shape index (κ1) is 46.9. The molecule has 0 fully saturated rings. The fourth-order valence-electron chi connectivity index (χ4n) is 3.40. The van der Waals surface area contributed by atoms with E-state index in [0.29, 0.717) is 85.9 Å². The van der Waals surface area contributed by atoms with E-state index in [4.69, 9.17) is 47.7 Å². The van der Waals surface area contributed by atoms with Gasteiger partial charge in [-0.15, -0.1) is 0 Å². The molecule has 0 atom stereocenters. The van der Waals surface area contributed by atoms with Gasteiger partial charge in [-0.2, -0.15) is 8.78 Å². The molecule has 0 saturated heterocycles. The Morgan fingerprint density at radius 2 is 0.769 bits per heavy atom. The molecule has 0 aliphatic rings. The van der Waals surface area contributed by atoms with Crippen LogP contribution in [-0.2, 0) is 61.8 Å². The summed E-state index contributed by atoms with van der Waals surface area (Å²) < 4.78 is 123. The van der Waals surface area contributed by atoms with E-state index in [9.17, 15) is 36.3 Å². The summed E-state index contributed by atoms with van der Waals surface area (Å²) in [7, 11) is 0. The Labute approximate surface area is 296 Å². The van der Waals surface area contributed by atoms with Gasteiger partial charge in [0.25, 0.3) is 0 Å². The third kappa shape index (κ3) is 24.2. The van der Waals surface area contributed by atoms with Gasteiger partial charge in [0.1, 0.15) is 13.2 Å². The molecule has 52 heavy (non-hydrogen) atoms. The van der Waals surface area contributed by atoms with Crippen molar-refractivity contribution in [3.63, 3.8) is 0 Å². The summed E-state index contributed by atoms with van der Waals surface area (Å²) in [5.74, 6) is -15.8. The molecule has 16 nitrogen and oxygen atoms in total. The second kappa shape index (κ2) is 31.4. The fraction of sp³-hybridized carbons (Fsp3) is 0.710. The Morgan fingerprint density at radius 3 is 1.13 bits per heavy atom. The van der Waals surface area contributed by atoms with Crippen molar-refractivity contribution in [3.8, 4) is 5.75 Å². The maximum atomic E-state index is 13.5. The summed E-state index contributed by atoms with van der Waals surface area (Å²) in [6.45, 7) is 4.78. The van der Waals surface area contributed by atoms with Gasteiger partial charge in [-0.25, -0.2) is 18.0 Å². The minimum Gasteiger partial charge on any atom is -0.480 e. The number of amides is 1. The second-order valence-corrected chi connectivity index (χ2v) is 9.87. The first-order valence-corrected chi connectivity index (χ1v) is 16.1. The van der Waals surface area contributed by atoms with Crippen molar-refractivity contribution in [1.29, 1.82) is 0 Å². The second-order valence-electron chi connectivity index (χ2n) is 9.87. The molecule has 1 aromatic rings. The molecule has 0 unspecified atom stereocenters. The number of carboxylic acids is 1. The average Bonchev–Trinajstić information content (AvgIpc) is 3.12. The van der Waals surface area contributed by atoms with Crippen LogP contribution in [0.5, 0.6) is 5.75 Å². The SMILES string of the molecule is O=C(O)COCC(=O)NCCOCCOCCOCCOCCOCCOCCOCCOCCOCCC(=O)Oc1c(F)c(F)c(F)c(F)c1F. The largest absolute Gasteiger partial charge is 0.480 e. The van der Waals surface area contributed by atoms with E-state index < -0.39 is 65.7 Å². The lowest BCUT2D eigenvalue weighted by Crippen LogP contribution is -2.31. The molecule has 0 heterocycles. The fourth-order valence-corrected chi connectivity index (χ4v) is 3.40. The zero-order valence-corrected chi connectivity index (χ0v) is 28.6. The summed E-state index contributed by atoms with van der Waals surface area (Å²) in [5.41, 5.74) is 0. The van der Waals surface area contributed by atoms with Crippen LogP contribution in [0.25, 0.3) is 0 Å². The van der Waals surface area contributed by atoms with Crippen LogP contribution >= 0.6 is 0 Å². The van der Waals surface area contributed by atoms with E-state index in [1.54, 1.807) is 0 Å². The highest BCUT2D eigenvalue weighted by molar-refractivity contribution is 5.77. The van der Waals surface area contributed by atoms with Crippen molar-refractivity contribution in [1.82, 2.24) is 5.32 Å². The normalized spacial score (nSPS) is 11.2. The molecule has 0 aromatic heterocycles. The number of hydrogen-bond acceptors (Lipinski definition) is 14. The van der Waals surface area contributed by atoms with Crippen LogP contribution in [0.4, 0.5) is 22.0 Å². The van der Waals surface area contributed by atoms with Crippen molar-refractivity contribution in [2.24, 2.45) is 0 Å². The number of rotatable bonds is 35. The Kier molecular flexibility index (Phi) is 28.3. The van der Waals surface area contributed by atoms with Gasteiger partial charge >= 0.3 is 11.9 Å². The van der Waals surface area contributed by atoms with Crippen molar-refractivity contribution in [2.45, 2.75) is 6.42 Å². The number of carboxylic acid groups (broad SMARTS) is 1. The maximum absolute atomic E-state index is 13.5. The van der Waals surface area contributed by atoms with Crippen molar-refractivity contribution < 1.29 is 93.5 Å². The number of hydrogen-bond donors (Lipinski definition) is 2. The summed E-state index contributed by atoms with van der Waals surface area (Å²) in [6, 6.07) is 0. The van der Waals surface area contributed by atoms with Crippen LogP contribution < -0.4 is 10.1 Å². The van der Waals surface area contributed by atoms with E-state index in [0.717, 1.165) is 0 Å². The minimum atomic E-state index is -2.36. The van der Waals surface area contributed by atoms with Crippen LogP contribution in [0.3, 0.4) is 0 Å². The molecule has 0 bridgehead atoms. The smallest absolute Gasteiger partial charge is 0.329 e. The number of nitrogens with one attached hydrogen (secondary N) is 1. The lowest BCUT2D eigenvalue weighted by molar-refractivity contribution is -0.143. The molecule has 1 aromatic carbocycles. The van der Waals surface area contributed by atoms with Crippen LogP contribution in [0.1, 0.15) is 6.42 Å². The standard InChI is InChI=1S/C31H46F5NO15/c32-26-27(33)29(35)31(30(36)28(26)34)52-25(41)1-3-42-5-7-44-9-11-46-13-15-48-17-19-50-20-18-49-16-14-47-12-10-45-8-6-43-4-2-37-23(38)21-51-22-24(39)40/h1-22H2,(H,37,38)(H,39,40). The van der Waals surface area contributed by atoms with E-state index in [2.05, 4.69) is 14.8 Å². The number of esters is 1. The molecule has 0 radical (unpaired) electrons. The number of halogens is 5. The number of benzene rings is 1. The van der Waals surface area contributed by atoms with E-state index >= 15 is 0 Å². The van der Waals surface area contributed by atoms with Crippen LogP contribution in [-0.4, -0.2) is 162 Å². The highest BCUT2D eigenvalue weighted by Crippen LogP contribution is 2.29. The van der Waals surface area contributed by atoms with Gasteiger partial charge < -0.3 is 62.5 Å². The predicted molar refractivity (Wildman–Crippen MR) is 165 cm³/mol.